The maximum absolute atomic E-state index is 11.4. The van der Waals surface area contributed by atoms with Crippen LogP contribution in [0.2, 0.25) is 0 Å². The van der Waals surface area contributed by atoms with Crippen LogP contribution in [-0.4, -0.2) is 34.1 Å². The minimum absolute atomic E-state index is 0. The zero-order chi connectivity index (χ0) is 13.3. The van der Waals surface area contributed by atoms with E-state index in [-0.39, 0.29) is 44.6 Å². The first kappa shape index (κ1) is 37.4. The van der Waals surface area contributed by atoms with Gasteiger partial charge in [-0.1, -0.05) is 58.4 Å². The summed E-state index contributed by atoms with van der Waals surface area (Å²) in [6, 6.07) is 0. The second-order valence-electron chi connectivity index (χ2n) is 4.05. The summed E-state index contributed by atoms with van der Waals surface area (Å²) in [6.07, 6.45) is 0. The average Bonchev–Trinajstić information content (AvgIpc) is 2.44. The van der Waals surface area contributed by atoms with Crippen molar-refractivity contribution in [2.24, 2.45) is 23.7 Å². The summed E-state index contributed by atoms with van der Waals surface area (Å²) in [5.74, 6) is -9.48. The number of hydrogen-bond donors (Lipinski definition) is 2. The van der Waals surface area contributed by atoms with Crippen molar-refractivity contribution in [3.8, 4) is 0 Å². The summed E-state index contributed by atoms with van der Waals surface area (Å²) in [5.41, 5.74) is 0. The Hall–Kier alpha value is -1.92. The second-order valence-corrected chi connectivity index (χ2v) is 4.05. The molecule has 0 aromatic carbocycles. The van der Waals surface area contributed by atoms with Crippen LogP contribution in [0.3, 0.4) is 0 Å². The fourth-order valence-corrected chi connectivity index (χ4v) is 1.90. The second kappa shape index (κ2) is 13.7. The van der Waals surface area contributed by atoms with E-state index in [1.54, 1.807) is 0 Å². The van der Waals surface area contributed by atoms with Gasteiger partial charge in [-0.25, -0.2) is 0 Å². The first-order chi connectivity index (χ1) is 7.77. The van der Waals surface area contributed by atoms with E-state index in [0.717, 1.165) is 0 Å². The molecule has 1 saturated heterocycles. The Bertz CT molecular complexity index is 390. The number of esters is 2. The molecule has 0 spiro atoms. The molecule has 0 aliphatic carbocycles. The van der Waals surface area contributed by atoms with Crippen molar-refractivity contribution in [1.29, 1.82) is 0 Å². The van der Waals surface area contributed by atoms with Crippen LogP contribution in [0.1, 0.15) is 58.4 Å². The fraction of sp³-hybridized carbons (Fsp3) is 0.750. The van der Waals surface area contributed by atoms with Gasteiger partial charge in [-0.2, -0.15) is 0 Å². The van der Waals surface area contributed by atoms with Crippen molar-refractivity contribution < 1.29 is 34.1 Å². The molecule has 0 amide bonds. The lowest BCUT2D eigenvalue weighted by molar-refractivity contribution is -0.160. The van der Waals surface area contributed by atoms with Gasteiger partial charge in [-0.15, -0.1) is 0 Å². The number of rotatable bonds is 4. The summed E-state index contributed by atoms with van der Waals surface area (Å²) in [6.45, 7) is 2.53. The smallest absolute Gasteiger partial charge is 0.318 e. The summed E-state index contributed by atoms with van der Waals surface area (Å²) < 4.78 is 4.31. The highest BCUT2D eigenvalue weighted by molar-refractivity contribution is 5.99. The number of carboxylic acids is 2. The number of hydrogen-bond acceptors (Lipinski definition) is 5. The minimum Gasteiger partial charge on any atom is -0.481 e. The SMILES string of the molecule is C.C.C.C.C.C.CC(C(=O)O)C(C(=O)O)C1C(=O)OC(=O)C1C. The molecule has 4 unspecified atom stereocenters. The molecule has 2 N–H and O–H groups in total. The molecule has 0 aromatic heterocycles. The molecular weight excluding hydrogens is 304 g/mol. The summed E-state index contributed by atoms with van der Waals surface area (Å²) in [4.78, 5) is 44.3. The Morgan fingerprint density at radius 1 is 0.913 bits per heavy atom. The van der Waals surface area contributed by atoms with E-state index in [1.165, 1.54) is 13.8 Å². The van der Waals surface area contributed by atoms with Gasteiger partial charge in [-0.3, -0.25) is 19.2 Å². The molecule has 7 nitrogen and oxygen atoms in total. The molecule has 0 saturated carbocycles. The van der Waals surface area contributed by atoms with E-state index in [0.29, 0.717) is 0 Å². The van der Waals surface area contributed by atoms with Crippen LogP contribution in [0, 0.1) is 23.7 Å². The van der Waals surface area contributed by atoms with Gasteiger partial charge in [0.05, 0.1) is 23.7 Å². The molecule has 142 valence electrons. The highest BCUT2D eigenvalue weighted by Gasteiger charge is 2.51. The van der Waals surface area contributed by atoms with Crippen LogP contribution in [0.15, 0.2) is 0 Å². The predicted octanol–water partition coefficient (Wildman–Crippen LogP) is 3.56. The zero-order valence-electron chi connectivity index (χ0n) is 9.25. The lowest BCUT2D eigenvalue weighted by atomic mass is 9.77. The van der Waals surface area contributed by atoms with Gasteiger partial charge in [0.25, 0.3) is 0 Å². The van der Waals surface area contributed by atoms with Gasteiger partial charge >= 0.3 is 23.9 Å². The Balaban J connectivity index is -0.000000120. The van der Waals surface area contributed by atoms with Crippen molar-refractivity contribution >= 4 is 23.9 Å². The van der Waals surface area contributed by atoms with E-state index in [2.05, 4.69) is 4.74 Å². The Kier molecular flexibility index (Phi) is 22.3. The zero-order valence-corrected chi connectivity index (χ0v) is 9.25. The predicted molar refractivity (Wildman–Crippen MR) is 92.1 cm³/mol. The summed E-state index contributed by atoms with van der Waals surface area (Å²) in [5, 5.41) is 17.8. The lowest BCUT2D eigenvalue weighted by Crippen LogP contribution is -2.38. The molecule has 1 heterocycles. The van der Waals surface area contributed by atoms with Gasteiger partial charge in [0.15, 0.2) is 0 Å². The quantitative estimate of drug-likeness (QED) is 0.593. The first-order valence-electron chi connectivity index (χ1n) is 4.98. The van der Waals surface area contributed by atoms with Crippen molar-refractivity contribution in [3.63, 3.8) is 0 Å². The molecule has 0 bridgehead atoms. The Labute approximate surface area is 141 Å². The van der Waals surface area contributed by atoms with Crippen LogP contribution >= 0.6 is 0 Å². The number of carboxylic acid groups (broad SMARTS) is 2. The molecule has 1 rings (SSSR count). The molecular formula is C16H36O7. The van der Waals surface area contributed by atoms with Crippen molar-refractivity contribution in [3.05, 3.63) is 0 Å². The van der Waals surface area contributed by atoms with Crippen LogP contribution in [0.25, 0.3) is 0 Å². The Morgan fingerprint density at radius 2 is 1.30 bits per heavy atom. The van der Waals surface area contributed by atoms with Crippen molar-refractivity contribution in [2.45, 2.75) is 58.4 Å². The maximum Gasteiger partial charge on any atom is 0.318 e. The topological polar surface area (TPSA) is 118 Å². The summed E-state index contributed by atoms with van der Waals surface area (Å²) in [7, 11) is 0. The largest absolute Gasteiger partial charge is 0.481 e. The average molecular weight is 340 g/mol. The number of aliphatic carboxylic acids is 2. The Morgan fingerprint density at radius 3 is 1.52 bits per heavy atom. The van der Waals surface area contributed by atoms with E-state index in [9.17, 15) is 19.2 Å². The number of cyclic esters (lactones) is 2. The van der Waals surface area contributed by atoms with E-state index < -0.39 is 47.5 Å². The number of carbonyl (C=O) groups excluding carboxylic acids is 2. The number of carbonyl (C=O) groups is 4. The van der Waals surface area contributed by atoms with Gasteiger partial charge in [0.2, 0.25) is 0 Å². The maximum atomic E-state index is 11.4. The molecule has 0 radical (unpaired) electrons. The van der Waals surface area contributed by atoms with Crippen LogP contribution in [-0.2, 0) is 23.9 Å². The van der Waals surface area contributed by atoms with E-state index >= 15 is 0 Å². The normalized spacial score (nSPS) is 20.3. The fourth-order valence-electron chi connectivity index (χ4n) is 1.90. The van der Waals surface area contributed by atoms with Gasteiger partial charge in [0, 0.05) is 0 Å². The molecule has 4 atom stereocenters. The minimum atomic E-state index is -1.47. The van der Waals surface area contributed by atoms with Gasteiger partial charge in [0.1, 0.15) is 0 Å². The highest BCUT2D eigenvalue weighted by atomic mass is 16.6. The molecule has 0 aromatic rings. The van der Waals surface area contributed by atoms with Crippen LogP contribution < -0.4 is 0 Å². The molecule has 1 fully saturated rings. The van der Waals surface area contributed by atoms with Crippen molar-refractivity contribution in [2.75, 3.05) is 0 Å². The van der Waals surface area contributed by atoms with Gasteiger partial charge < -0.3 is 14.9 Å². The van der Waals surface area contributed by atoms with Gasteiger partial charge in [-0.05, 0) is 0 Å². The molecule has 23 heavy (non-hydrogen) atoms. The molecule has 1 aliphatic heterocycles. The highest BCUT2D eigenvalue weighted by Crippen LogP contribution is 2.34. The lowest BCUT2D eigenvalue weighted by Gasteiger charge is -2.21. The summed E-state index contributed by atoms with van der Waals surface area (Å²) >= 11 is 0. The molecule has 7 heteroatoms. The van der Waals surface area contributed by atoms with E-state index in [1.807, 2.05) is 0 Å². The third-order valence-corrected chi connectivity index (χ3v) is 2.98. The first-order valence-corrected chi connectivity index (χ1v) is 4.98. The third kappa shape index (κ3) is 7.25. The third-order valence-electron chi connectivity index (χ3n) is 2.98. The number of ether oxygens (including phenoxy) is 1. The molecule has 1 aliphatic rings. The van der Waals surface area contributed by atoms with E-state index in [4.69, 9.17) is 10.2 Å². The van der Waals surface area contributed by atoms with Crippen LogP contribution in [0.5, 0.6) is 0 Å². The standard InChI is InChI=1S/C10H12O7.6CH4/c1-3(7(11)12)5(8(13)14)6-4(2)9(15)17-10(6)16;;;;;;/h3-6H,1-2H3,(H,11,12)(H,13,14);6*1H4. The van der Waals surface area contributed by atoms with Crippen molar-refractivity contribution in [1.82, 2.24) is 0 Å². The van der Waals surface area contributed by atoms with Crippen LogP contribution in [0.4, 0.5) is 0 Å². The monoisotopic (exact) mass is 340 g/mol.